The van der Waals surface area contributed by atoms with Crippen LogP contribution in [0.2, 0.25) is 5.02 Å². The Labute approximate surface area is 162 Å². The second kappa shape index (κ2) is 8.60. The minimum absolute atomic E-state index is 0.167. The van der Waals surface area contributed by atoms with Crippen LogP contribution in [0.15, 0.2) is 54.6 Å². The number of likely N-dealkylation sites (N-methyl/N-ethyl adjacent to an activating group) is 1. The van der Waals surface area contributed by atoms with E-state index in [0.717, 1.165) is 5.56 Å². The molecule has 2 aromatic carbocycles. The van der Waals surface area contributed by atoms with Crippen LogP contribution in [0.25, 0.3) is 11.3 Å². The minimum Gasteiger partial charge on any atom is -0.493 e. The summed E-state index contributed by atoms with van der Waals surface area (Å²) in [5.74, 6) is 1.14. The number of amides is 1. The van der Waals surface area contributed by atoms with Crippen molar-refractivity contribution in [2.75, 3.05) is 27.3 Å². The van der Waals surface area contributed by atoms with E-state index in [-0.39, 0.29) is 5.91 Å². The Morgan fingerprint density at radius 3 is 2.67 bits per heavy atom. The number of H-pyrrole nitrogens is 1. The number of nitrogens with zero attached hydrogens (tertiary/aromatic N) is 2. The number of aromatic nitrogens is 2. The number of methoxy groups -OCH3 is 1. The van der Waals surface area contributed by atoms with Gasteiger partial charge in [0, 0.05) is 17.6 Å². The van der Waals surface area contributed by atoms with Gasteiger partial charge in [-0.2, -0.15) is 5.10 Å². The number of hydrogen-bond acceptors (Lipinski definition) is 4. The van der Waals surface area contributed by atoms with Gasteiger partial charge in [-0.25, -0.2) is 0 Å². The lowest BCUT2D eigenvalue weighted by atomic mass is 10.1. The lowest BCUT2D eigenvalue weighted by Gasteiger charge is -2.17. The van der Waals surface area contributed by atoms with E-state index in [2.05, 4.69) is 10.2 Å². The first-order chi connectivity index (χ1) is 13.1. The first-order valence-electron chi connectivity index (χ1n) is 8.41. The molecule has 3 aromatic rings. The molecule has 0 aliphatic carbocycles. The van der Waals surface area contributed by atoms with Crippen LogP contribution < -0.4 is 9.47 Å². The molecule has 0 aliphatic rings. The molecule has 0 saturated carbocycles. The van der Waals surface area contributed by atoms with Crippen LogP contribution in [0.4, 0.5) is 0 Å². The molecule has 1 N–H and O–H groups in total. The highest BCUT2D eigenvalue weighted by Gasteiger charge is 2.16. The van der Waals surface area contributed by atoms with Gasteiger partial charge in [-0.3, -0.25) is 9.89 Å². The van der Waals surface area contributed by atoms with Gasteiger partial charge in [0.25, 0.3) is 5.91 Å². The van der Waals surface area contributed by atoms with Crippen molar-refractivity contribution in [3.8, 4) is 22.8 Å². The van der Waals surface area contributed by atoms with Crippen LogP contribution in [-0.2, 0) is 0 Å². The van der Waals surface area contributed by atoms with E-state index < -0.39 is 0 Å². The summed E-state index contributed by atoms with van der Waals surface area (Å²) in [6, 6.07) is 16.4. The molecule has 0 aliphatic heterocycles. The third-order valence-corrected chi connectivity index (χ3v) is 4.26. The fourth-order valence-electron chi connectivity index (χ4n) is 2.56. The Kier molecular flexibility index (Phi) is 5.98. The van der Waals surface area contributed by atoms with E-state index in [4.69, 9.17) is 21.1 Å². The summed E-state index contributed by atoms with van der Waals surface area (Å²) >= 11 is 6.01. The van der Waals surface area contributed by atoms with Crippen LogP contribution in [0.3, 0.4) is 0 Å². The van der Waals surface area contributed by atoms with Gasteiger partial charge in [-0.15, -0.1) is 0 Å². The smallest absolute Gasteiger partial charge is 0.271 e. The van der Waals surface area contributed by atoms with Gasteiger partial charge in [-0.05, 0) is 30.3 Å². The van der Waals surface area contributed by atoms with Gasteiger partial charge in [0.15, 0.2) is 11.5 Å². The maximum absolute atomic E-state index is 12.6. The zero-order chi connectivity index (χ0) is 19.2. The SMILES string of the molecule is COc1ccccc1OCCN(C)C(=O)c1cc(-c2cccc(Cl)c2)n[nH]1. The number of aromatic amines is 1. The van der Waals surface area contributed by atoms with Crippen LogP contribution in [-0.4, -0.2) is 48.3 Å². The lowest BCUT2D eigenvalue weighted by Crippen LogP contribution is -2.31. The van der Waals surface area contributed by atoms with Gasteiger partial charge < -0.3 is 14.4 Å². The molecule has 0 bridgehead atoms. The molecule has 140 valence electrons. The van der Waals surface area contributed by atoms with E-state index >= 15 is 0 Å². The highest BCUT2D eigenvalue weighted by molar-refractivity contribution is 6.30. The molecule has 0 spiro atoms. The third kappa shape index (κ3) is 4.60. The van der Waals surface area contributed by atoms with Crippen LogP contribution >= 0.6 is 11.6 Å². The molecule has 1 amide bonds. The van der Waals surface area contributed by atoms with Gasteiger partial charge >= 0.3 is 0 Å². The topological polar surface area (TPSA) is 67.5 Å². The zero-order valence-corrected chi connectivity index (χ0v) is 15.9. The fraction of sp³-hybridized carbons (Fsp3) is 0.200. The molecule has 7 heteroatoms. The van der Waals surface area contributed by atoms with Crippen molar-refractivity contribution < 1.29 is 14.3 Å². The van der Waals surface area contributed by atoms with Crippen molar-refractivity contribution in [1.82, 2.24) is 15.1 Å². The first kappa shape index (κ1) is 18.8. The lowest BCUT2D eigenvalue weighted by molar-refractivity contribution is 0.0767. The minimum atomic E-state index is -0.167. The second-order valence-electron chi connectivity index (χ2n) is 5.90. The summed E-state index contributed by atoms with van der Waals surface area (Å²) in [6.07, 6.45) is 0. The van der Waals surface area contributed by atoms with Crippen LogP contribution in [0.1, 0.15) is 10.5 Å². The van der Waals surface area contributed by atoms with Crippen molar-refractivity contribution in [1.29, 1.82) is 0 Å². The molecule has 3 rings (SSSR count). The highest BCUT2D eigenvalue weighted by Crippen LogP contribution is 2.25. The number of rotatable bonds is 7. The molecule has 0 saturated heterocycles. The summed E-state index contributed by atoms with van der Waals surface area (Å²) in [7, 11) is 3.31. The van der Waals surface area contributed by atoms with E-state index in [0.29, 0.717) is 41.1 Å². The summed E-state index contributed by atoms with van der Waals surface area (Å²) in [5, 5.41) is 7.61. The van der Waals surface area contributed by atoms with Crippen LogP contribution in [0, 0.1) is 0 Å². The quantitative estimate of drug-likeness (QED) is 0.670. The van der Waals surface area contributed by atoms with Crippen molar-refractivity contribution in [3.63, 3.8) is 0 Å². The second-order valence-corrected chi connectivity index (χ2v) is 6.34. The molecular formula is C20H20ClN3O3. The molecule has 0 atom stereocenters. The van der Waals surface area contributed by atoms with Crippen LogP contribution in [0.5, 0.6) is 11.5 Å². The Morgan fingerprint density at radius 2 is 1.93 bits per heavy atom. The number of ether oxygens (including phenoxy) is 2. The molecule has 1 aromatic heterocycles. The average molecular weight is 386 g/mol. The number of hydrogen-bond donors (Lipinski definition) is 1. The van der Waals surface area contributed by atoms with Crippen molar-refractivity contribution in [2.45, 2.75) is 0 Å². The number of carbonyl (C=O) groups is 1. The average Bonchev–Trinajstić information content (AvgIpc) is 3.18. The first-order valence-corrected chi connectivity index (χ1v) is 8.79. The predicted molar refractivity (Wildman–Crippen MR) is 104 cm³/mol. The van der Waals surface area contributed by atoms with E-state index in [9.17, 15) is 4.79 Å². The molecule has 6 nitrogen and oxygen atoms in total. The monoisotopic (exact) mass is 385 g/mol. The third-order valence-electron chi connectivity index (χ3n) is 4.03. The largest absolute Gasteiger partial charge is 0.493 e. The number of benzene rings is 2. The molecule has 1 heterocycles. The Bertz CT molecular complexity index is 926. The van der Waals surface area contributed by atoms with Gasteiger partial charge in [0.05, 0.1) is 19.3 Å². The molecule has 27 heavy (non-hydrogen) atoms. The maximum Gasteiger partial charge on any atom is 0.271 e. The number of halogens is 1. The zero-order valence-electron chi connectivity index (χ0n) is 15.1. The van der Waals surface area contributed by atoms with E-state index in [1.807, 2.05) is 36.4 Å². The summed E-state index contributed by atoms with van der Waals surface area (Å²) in [6.45, 7) is 0.764. The fourth-order valence-corrected chi connectivity index (χ4v) is 2.76. The summed E-state index contributed by atoms with van der Waals surface area (Å²) in [4.78, 5) is 14.1. The Morgan fingerprint density at radius 1 is 1.15 bits per heavy atom. The predicted octanol–water partition coefficient (Wildman–Crippen LogP) is 3.89. The molecule has 0 radical (unpaired) electrons. The van der Waals surface area contributed by atoms with Crippen molar-refractivity contribution in [3.05, 3.63) is 65.3 Å². The normalized spacial score (nSPS) is 10.5. The molecular weight excluding hydrogens is 366 g/mol. The van der Waals surface area contributed by atoms with E-state index in [1.54, 1.807) is 37.3 Å². The van der Waals surface area contributed by atoms with Gasteiger partial charge in [-0.1, -0.05) is 35.9 Å². The summed E-state index contributed by atoms with van der Waals surface area (Å²) in [5.41, 5.74) is 1.92. The highest BCUT2D eigenvalue weighted by atomic mass is 35.5. The van der Waals surface area contributed by atoms with E-state index in [1.165, 1.54) is 0 Å². The Balaban J connectivity index is 1.59. The maximum atomic E-state index is 12.6. The number of carbonyl (C=O) groups excluding carboxylic acids is 1. The van der Waals surface area contributed by atoms with Gasteiger partial charge in [0.2, 0.25) is 0 Å². The standard InChI is InChI=1S/C20H20ClN3O3/c1-24(10-11-27-19-9-4-3-8-18(19)26-2)20(25)17-13-16(22-23-17)14-6-5-7-15(21)12-14/h3-9,12-13H,10-11H2,1-2H3,(H,22,23). The molecule has 0 unspecified atom stereocenters. The Hall–Kier alpha value is -2.99. The molecule has 0 fully saturated rings. The van der Waals surface area contributed by atoms with Gasteiger partial charge in [0.1, 0.15) is 12.3 Å². The van der Waals surface area contributed by atoms with Crippen molar-refractivity contribution in [2.24, 2.45) is 0 Å². The number of para-hydroxylation sites is 2. The summed E-state index contributed by atoms with van der Waals surface area (Å²) < 4.78 is 11.0. The number of nitrogens with one attached hydrogen (secondary N) is 1. The van der Waals surface area contributed by atoms with Crippen molar-refractivity contribution >= 4 is 17.5 Å².